The SMILES string of the molecule is C.CC(=O)[C@@H](CC(=O)[C@H](Cc1ccccc1)NC(=O)[C@@H](CC(=O)[C@H](CO)NC(=O)CN)Cn1cc(CCCc2ccccc2)nn1)CC(C)C.CC(=O)[C@@H](CC(=O)[C@H](Cc1ccccc1)NC(=O)[C@@H](CC(=O)[C@H](CO)NC(=O)CN)Cn1cc(CCc2ccccc2)nn1)CC(C)C.CC(=O)[C@@H](CC(=O)[C@H](Cc1ccccc1)NC(=O)[C@@H](CC(=O)[C@H](CO)NC(=O)CN)Cn1cc(Cc2ccccc2)nn1)CC(C)C. The molecule has 0 fully saturated rings. The minimum atomic E-state index is -1.26. The third kappa shape index (κ3) is 44.2. The van der Waals surface area contributed by atoms with Crippen molar-refractivity contribution < 1.29 is 87.2 Å². The monoisotopic (exact) mass is 2000 g/mol. The molecule has 36 nitrogen and oxygen atoms in total. The molecule has 0 unspecified atom stereocenters. The van der Waals surface area contributed by atoms with E-state index in [0.29, 0.717) is 49.9 Å². The summed E-state index contributed by atoms with van der Waals surface area (Å²) in [5.74, 6) is -10.4. The lowest BCUT2D eigenvalue weighted by Gasteiger charge is -2.25. The zero-order chi connectivity index (χ0) is 105. The Morgan fingerprint density at radius 3 is 0.807 bits per heavy atom. The van der Waals surface area contributed by atoms with E-state index < -0.39 is 144 Å². The highest BCUT2D eigenvalue weighted by molar-refractivity contribution is 5.99. The molecular weight excluding hydrogens is 1850 g/mol. The van der Waals surface area contributed by atoms with Crippen LogP contribution in [0.2, 0.25) is 0 Å². The van der Waals surface area contributed by atoms with Gasteiger partial charge in [-0.25, -0.2) is 0 Å². The number of carbonyl (C=O) groups is 15. The highest BCUT2D eigenvalue weighted by Gasteiger charge is 2.38. The van der Waals surface area contributed by atoms with Gasteiger partial charge in [0.05, 0.1) is 112 Å². The Kier molecular flexibility index (Phi) is 53.1. The van der Waals surface area contributed by atoms with Crippen molar-refractivity contribution in [2.45, 2.75) is 241 Å². The second-order valence-corrected chi connectivity index (χ2v) is 38.0. The van der Waals surface area contributed by atoms with Gasteiger partial charge in [0.2, 0.25) is 35.4 Å². The molecule has 12 atom stereocenters. The number of amides is 6. The van der Waals surface area contributed by atoms with Crippen LogP contribution in [-0.2, 0) is 143 Å². The summed E-state index contributed by atoms with van der Waals surface area (Å²) >= 11 is 0. The van der Waals surface area contributed by atoms with Crippen LogP contribution in [0.4, 0.5) is 0 Å². The molecule has 3 heterocycles. The van der Waals surface area contributed by atoms with Gasteiger partial charge >= 0.3 is 0 Å². The number of hydrogen-bond acceptors (Lipinski definition) is 27. The lowest BCUT2D eigenvalue weighted by Crippen LogP contribution is -2.49. The van der Waals surface area contributed by atoms with E-state index in [2.05, 4.69) is 75.0 Å². The number of aromatic nitrogens is 9. The van der Waals surface area contributed by atoms with Crippen LogP contribution in [0.15, 0.2) is 201 Å². The van der Waals surface area contributed by atoms with Gasteiger partial charge in [-0.3, -0.25) is 86.0 Å². The van der Waals surface area contributed by atoms with Crippen LogP contribution < -0.4 is 49.1 Å². The minimum absolute atomic E-state index is 0. The van der Waals surface area contributed by atoms with Crippen molar-refractivity contribution >= 4 is 87.5 Å². The first kappa shape index (κ1) is 120. The topological polar surface area (TPSA) is 559 Å². The van der Waals surface area contributed by atoms with Gasteiger partial charge in [-0.2, -0.15) is 0 Å². The van der Waals surface area contributed by atoms with Crippen LogP contribution >= 0.6 is 0 Å². The Morgan fingerprint density at radius 1 is 0.297 bits per heavy atom. The van der Waals surface area contributed by atoms with E-state index in [0.717, 1.165) is 52.8 Å². The van der Waals surface area contributed by atoms with Crippen molar-refractivity contribution in [2.24, 2.45) is 70.5 Å². The second-order valence-electron chi connectivity index (χ2n) is 38.0. The predicted octanol–water partition coefficient (Wildman–Crippen LogP) is 6.87. The number of aryl methyl sites for hydroxylation is 4. The quantitative estimate of drug-likeness (QED) is 0.0185. The molecule has 0 saturated carbocycles. The lowest BCUT2D eigenvalue weighted by molar-refractivity contribution is -0.135. The molecule has 9 aromatic rings. The number of aliphatic hydroxyl groups excluding tert-OH is 3. The fourth-order valence-corrected chi connectivity index (χ4v) is 16.6. The summed E-state index contributed by atoms with van der Waals surface area (Å²) in [6.07, 6.45) is 10.4. The normalized spacial score (nSPS) is 13.6. The van der Waals surface area contributed by atoms with Gasteiger partial charge < -0.3 is 64.4 Å². The lowest BCUT2D eigenvalue weighted by atomic mass is 9.86. The Hall–Kier alpha value is -13.7. The van der Waals surface area contributed by atoms with Gasteiger partial charge in [0.1, 0.15) is 35.5 Å². The molecule has 6 aromatic carbocycles. The maximum atomic E-state index is 14.0. The molecule has 36 heteroatoms. The Balaban J connectivity index is 0.000000331. The molecule has 0 radical (unpaired) electrons. The standard InChI is InChI=1S/C37H50N6O6.C36H48N6O6.C35H46N6O6.CH4/c1-25(2)17-29(26(3)45)19-34(46)32(18-28-13-8-5-9-14-28)40-37(49)30(20-35(47)33(24-44)39-36(48)21-38)22-43-23-31(41-42-43)16-10-15-27-11-6-4-7-12-27;1-24(2)16-28(25(3)44)18-33(45)31(17-27-12-8-5-9-13-27)39-36(48)29(19-34(46)32(23-43)38-35(47)20-37)21-42-22-30(40-41-42)15-14-26-10-6-4-7-11-26;1-23(2)14-27(24(3)43)17-32(44)30(16-26-12-8-5-9-13-26)38-35(47)28(18-33(45)31(22-42)37-34(46)19-36)20-41-21-29(39-40-41)15-25-10-6-4-7-11-25;/h4-9,11-14,23,25,29-30,32-33,44H,10,15-22,24,38H2,1-3H3,(H,39,48)(H,40,49);4-13,22,24,28-29,31-32,43H,14-21,23,37H2,1-3H3,(H,38,47)(H,39,48);4-13,21,23,27-28,30-31,42H,14-20,22,36H2,1-3H3,(H,37,46)(H,38,47);1H4/t29-,30+,32+,33+;28-,29+,31+,32+;27-,28+,30+,31+;/m111./s1. The summed E-state index contributed by atoms with van der Waals surface area (Å²) in [4.78, 5) is 196. The zero-order valence-corrected chi connectivity index (χ0v) is 84.0. The van der Waals surface area contributed by atoms with Gasteiger partial charge in [-0.15, -0.1) is 15.3 Å². The maximum Gasteiger partial charge on any atom is 0.234 e. The summed E-state index contributed by atoms with van der Waals surface area (Å²) in [7, 11) is 0. The first-order chi connectivity index (χ1) is 68.9. The third-order valence-electron chi connectivity index (χ3n) is 24.5. The summed E-state index contributed by atoms with van der Waals surface area (Å²) in [5.41, 5.74) is 24.0. The fourth-order valence-electron chi connectivity index (χ4n) is 16.6. The van der Waals surface area contributed by atoms with Gasteiger partial charge in [-0.05, 0) is 143 Å². The zero-order valence-electron chi connectivity index (χ0n) is 84.0. The summed E-state index contributed by atoms with van der Waals surface area (Å²) in [5, 5.41) is 70.5. The largest absolute Gasteiger partial charge is 0.394 e. The molecular formula is C109H148N18O18. The van der Waals surface area contributed by atoms with Gasteiger partial charge in [0.15, 0.2) is 34.7 Å². The molecule has 9 rings (SSSR count). The highest BCUT2D eigenvalue weighted by Crippen LogP contribution is 2.26. The molecule has 0 aliphatic heterocycles. The van der Waals surface area contributed by atoms with E-state index in [1.807, 2.05) is 211 Å². The smallest absolute Gasteiger partial charge is 0.234 e. The Labute approximate surface area is 849 Å². The minimum Gasteiger partial charge on any atom is -0.394 e. The van der Waals surface area contributed by atoms with Crippen molar-refractivity contribution in [3.8, 4) is 0 Å². The van der Waals surface area contributed by atoms with Crippen molar-refractivity contribution in [2.75, 3.05) is 39.5 Å². The molecule has 6 amide bonds. The van der Waals surface area contributed by atoms with Gasteiger partial charge in [0.25, 0.3) is 0 Å². The Bertz CT molecular complexity index is 5550. The van der Waals surface area contributed by atoms with Crippen molar-refractivity contribution in [1.82, 2.24) is 76.9 Å². The van der Waals surface area contributed by atoms with Crippen LogP contribution in [0.1, 0.15) is 184 Å². The van der Waals surface area contributed by atoms with Crippen LogP contribution in [0.5, 0.6) is 0 Å². The first-order valence-electron chi connectivity index (χ1n) is 49.3. The number of aliphatic hydroxyl groups is 3. The molecule has 15 N–H and O–H groups in total. The average Bonchev–Trinajstić information content (AvgIpc) is 1.83. The molecule has 3 aromatic heterocycles. The Morgan fingerprint density at radius 2 is 0.538 bits per heavy atom. The number of rotatable bonds is 63. The first-order valence-corrected chi connectivity index (χ1v) is 49.3. The summed E-state index contributed by atoms with van der Waals surface area (Å²) < 4.78 is 4.43. The van der Waals surface area contributed by atoms with Crippen molar-refractivity contribution in [1.29, 1.82) is 0 Å². The number of nitrogens with one attached hydrogen (secondary N) is 6. The molecule has 0 aliphatic rings. The second kappa shape index (κ2) is 64.2. The fraction of sp³-hybridized carbons (Fsp3) is 0.477. The van der Waals surface area contributed by atoms with E-state index >= 15 is 0 Å². The van der Waals surface area contributed by atoms with Crippen LogP contribution in [-0.4, -0.2) is 223 Å². The van der Waals surface area contributed by atoms with E-state index in [1.54, 1.807) is 18.6 Å². The molecule has 0 spiro atoms. The number of nitrogens with two attached hydrogens (primary N) is 3. The van der Waals surface area contributed by atoms with Crippen LogP contribution in [0, 0.1) is 53.3 Å². The third-order valence-corrected chi connectivity index (χ3v) is 24.5. The van der Waals surface area contributed by atoms with E-state index in [-0.39, 0.29) is 157 Å². The van der Waals surface area contributed by atoms with Crippen molar-refractivity contribution in [3.63, 3.8) is 0 Å². The highest BCUT2D eigenvalue weighted by atomic mass is 16.3. The van der Waals surface area contributed by atoms with E-state index in [1.165, 1.54) is 40.4 Å². The van der Waals surface area contributed by atoms with E-state index in [9.17, 15) is 87.2 Å². The van der Waals surface area contributed by atoms with Gasteiger partial charge in [0, 0.05) is 81.3 Å². The molecule has 0 saturated heterocycles. The number of Topliss-reactive ketones (excluding diaryl/α,β-unsaturated/α-hetero) is 9. The number of hydrogen-bond donors (Lipinski definition) is 12. The number of benzene rings is 6. The molecule has 145 heavy (non-hydrogen) atoms. The number of carbonyl (C=O) groups excluding carboxylic acids is 15. The van der Waals surface area contributed by atoms with E-state index in [4.69, 9.17) is 17.2 Å². The summed E-state index contributed by atoms with van der Waals surface area (Å²) in [6.45, 7) is 13.0. The predicted molar refractivity (Wildman–Crippen MR) is 548 cm³/mol. The summed E-state index contributed by atoms with van der Waals surface area (Å²) in [6, 6.07) is 50.6. The molecule has 782 valence electrons. The van der Waals surface area contributed by atoms with Crippen LogP contribution in [0.25, 0.3) is 0 Å². The number of ketones is 9. The van der Waals surface area contributed by atoms with Crippen LogP contribution in [0.3, 0.4) is 0 Å². The average molecular weight is 2000 g/mol. The molecule has 0 bridgehead atoms. The molecule has 0 aliphatic carbocycles. The number of nitrogens with zero attached hydrogens (tertiary/aromatic N) is 9. The maximum absolute atomic E-state index is 14.0. The van der Waals surface area contributed by atoms with Gasteiger partial charge in [-0.1, -0.05) is 247 Å². The van der Waals surface area contributed by atoms with Crippen molar-refractivity contribution in [3.05, 3.63) is 251 Å².